The van der Waals surface area contributed by atoms with Gasteiger partial charge in [0.1, 0.15) is 0 Å². The number of fused-ring (bicyclic) bond motifs is 1. The van der Waals surface area contributed by atoms with Gasteiger partial charge < -0.3 is 4.90 Å². The number of allylic oxidation sites excluding steroid dienone is 1. The van der Waals surface area contributed by atoms with E-state index in [4.69, 9.17) is 0 Å². The van der Waals surface area contributed by atoms with Gasteiger partial charge in [0, 0.05) is 36.8 Å². The minimum absolute atomic E-state index is 0.00609. The molecule has 0 bridgehead atoms. The molecule has 0 unspecified atom stereocenters. The van der Waals surface area contributed by atoms with Crippen LogP contribution >= 0.6 is 0 Å². The first-order chi connectivity index (χ1) is 12.6. The van der Waals surface area contributed by atoms with Crippen molar-refractivity contribution in [3.63, 3.8) is 0 Å². The Hall–Kier alpha value is -3.13. The molecule has 0 radical (unpaired) electrons. The third-order valence-corrected chi connectivity index (χ3v) is 4.95. The molecule has 0 N–H and O–H groups in total. The van der Waals surface area contributed by atoms with Crippen LogP contribution < -0.4 is 4.90 Å². The largest absolute Gasteiger partial charge is 0.378 e. The van der Waals surface area contributed by atoms with Crippen LogP contribution in [0.25, 0.3) is 6.08 Å². The molecule has 0 aromatic heterocycles. The van der Waals surface area contributed by atoms with Gasteiger partial charge >= 0.3 is 0 Å². The monoisotopic (exact) mass is 339 g/mol. The van der Waals surface area contributed by atoms with Crippen LogP contribution in [0, 0.1) is 0 Å². The van der Waals surface area contributed by atoms with E-state index in [1.54, 1.807) is 0 Å². The smallest absolute Gasteiger partial charge is 0.190 e. The molecule has 0 spiro atoms. The molecule has 0 saturated carbocycles. The first kappa shape index (κ1) is 16.3. The molecular weight excluding hydrogens is 318 g/mol. The highest BCUT2D eigenvalue weighted by Gasteiger charge is 2.35. The van der Waals surface area contributed by atoms with Crippen LogP contribution in [0.4, 0.5) is 5.69 Å². The van der Waals surface area contributed by atoms with E-state index in [9.17, 15) is 4.79 Å². The van der Waals surface area contributed by atoms with Gasteiger partial charge in [-0.1, -0.05) is 66.7 Å². The van der Waals surface area contributed by atoms with Crippen LogP contribution in [0.1, 0.15) is 33.0 Å². The van der Waals surface area contributed by atoms with E-state index in [0.717, 1.165) is 33.5 Å². The number of rotatable bonds is 3. The van der Waals surface area contributed by atoms with Gasteiger partial charge in [0.25, 0.3) is 0 Å². The number of nitrogens with zero attached hydrogens (tertiary/aromatic N) is 1. The predicted octanol–water partition coefficient (Wildman–Crippen LogP) is 5.16. The maximum atomic E-state index is 13.1. The lowest BCUT2D eigenvalue weighted by Crippen LogP contribution is -2.08. The maximum absolute atomic E-state index is 13.1. The first-order valence-corrected chi connectivity index (χ1v) is 8.82. The summed E-state index contributed by atoms with van der Waals surface area (Å²) in [4.78, 5) is 15.2. The molecule has 3 aromatic rings. The zero-order chi connectivity index (χ0) is 18.1. The van der Waals surface area contributed by atoms with Crippen molar-refractivity contribution in [3.05, 3.63) is 107 Å². The zero-order valence-electron chi connectivity index (χ0n) is 15.0. The van der Waals surface area contributed by atoms with Gasteiger partial charge in [0.05, 0.1) is 0 Å². The highest BCUT2D eigenvalue weighted by atomic mass is 16.1. The predicted molar refractivity (Wildman–Crippen MR) is 108 cm³/mol. The number of anilines is 1. The lowest BCUT2D eigenvalue weighted by molar-refractivity contribution is 0.103. The van der Waals surface area contributed by atoms with Gasteiger partial charge in [-0.15, -0.1) is 0 Å². The lowest BCUT2D eigenvalue weighted by Gasteiger charge is -2.14. The molecule has 2 nitrogen and oxygen atoms in total. The van der Waals surface area contributed by atoms with Gasteiger partial charge in [0.2, 0.25) is 0 Å². The number of benzene rings is 3. The third kappa shape index (κ3) is 2.84. The van der Waals surface area contributed by atoms with Crippen molar-refractivity contribution in [2.45, 2.75) is 5.92 Å². The topological polar surface area (TPSA) is 20.3 Å². The Kier molecular flexibility index (Phi) is 4.18. The van der Waals surface area contributed by atoms with Crippen LogP contribution in [0.15, 0.2) is 84.4 Å². The number of ketones is 1. The first-order valence-electron chi connectivity index (χ1n) is 8.82. The normalized spacial score (nSPS) is 17.4. The fourth-order valence-corrected chi connectivity index (χ4v) is 3.61. The van der Waals surface area contributed by atoms with Gasteiger partial charge in [0.15, 0.2) is 5.78 Å². The van der Waals surface area contributed by atoms with E-state index < -0.39 is 0 Å². The standard InChI is InChI=1S/C24H21NO/c1-25(2)19-14-12-17(13-15-19)16-22-23(18-8-4-3-5-9-18)20-10-6-7-11-21(20)24(22)26/h3-16,23H,1-2H3/b22-16-/t23-/m0/s1. The Morgan fingerprint density at radius 2 is 1.46 bits per heavy atom. The van der Waals surface area contributed by atoms with Crippen molar-refractivity contribution in [1.82, 2.24) is 0 Å². The van der Waals surface area contributed by atoms with E-state index in [2.05, 4.69) is 47.4 Å². The Labute approximate surface area is 154 Å². The molecule has 0 saturated heterocycles. The van der Waals surface area contributed by atoms with Crippen LogP contribution in [-0.2, 0) is 0 Å². The number of carbonyl (C=O) groups excluding carboxylic acids is 1. The van der Waals surface area contributed by atoms with Crippen LogP contribution in [0.3, 0.4) is 0 Å². The van der Waals surface area contributed by atoms with Crippen molar-refractivity contribution < 1.29 is 4.79 Å². The van der Waals surface area contributed by atoms with Crippen molar-refractivity contribution in [2.75, 3.05) is 19.0 Å². The van der Waals surface area contributed by atoms with Crippen LogP contribution in [0.5, 0.6) is 0 Å². The molecule has 0 aliphatic heterocycles. The van der Waals surface area contributed by atoms with Gasteiger partial charge in [-0.05, 0) is 34.9 Å². The summed E-state index contributed by atoms with van der Waals surface area (Å²) in [5.41, 5.74) is 6.11. The van der Waals surface area contributed by atoms with Crippen molar-refractivity contribution >= 4 is 17.5 Å². The summed E-state index contributed by atoms with van der Waals surface area (Å²) in [5, 5.41) is 0. The summed E-state index contributed by atoms with van der Waals surface area (Å²) >= 11 is 0. The Morgan fingerprint density at radius 1 is 0.808 bits per heavy atom. The summed E-state index contributed by atoms with van der Waals surface area (Å²) in [6.45, 7) is 0. The average molecular weight is 339 g/mol. The summed E-state index contributed by atoms with van der Waals surface area (Å²) in [5.74, 6) is 0.125. The molecule has 0 heterocycles. The molecule has 26 heavy (non-hydrogen) atoms. The quantitative estimate of drug-likeness (QED) is 0.614. The summed E-state index contributed by atoms with van der Waals surface area (Å²) in [6, 6.07) is 26.5. The van der Waals surface area contributed by atoms with Crippen molar-refractivity contribution in [3.8, 4) is 0 Å². The van der Waals surface area contributed by atoms with Crippen molar-refractivity contribution in [2.24, 2.45) is 0 Å². The molecular formula is C24H21NO. The summed E-state index contributed by atoms with van der Waals surface area (Å²) < 4.78 is 0. The molecule has 1 aliphatic rings. The van der Waals surface area contributed by atoms with Gasteiger partial charge in [-0.25, -0.2) is 0 Å². The minimum Gasteiger partial charge on any atom is -0.378 e. The molecule has 0 amide bonds. The highest BCUT2D eigenvalue weighted by molar-refractivity contribution is 6.17. The fourth-order valence-electron chi connectivity index (χ4n) is 3.61. The van der Waals surface area contributed by atoms with Gasteiger partial charge in [-0.3, -0.25) is 4.79 Å². The molecule has 1 atom stereocenters. The minimum atomic E-state index is -0.00609. The van der Waals surface area contributed by atoms with Crippen molar-refractivity contribution in [1.29, 1.82) is 0 Å². The second-order valence-corrected chi connectivity index (χ2v) is 6.85. The summed E-state index contributed by atoms with van der Waals surface area (Å²) in [6.07, 6.45) is 2.04. The fraction of sp³-hybridized carbons (Fsp3) is 0.125. The van der Waals surface area contributed by atoms with E-state index in [1.165, 1.54) is 0 Å². The molecule has 128 valence electrons. The molecule has 1 aliphatic carbocycles. The summed E-state index contributed by atoms with van der Waals surface area (Å²) in [7, 11) is 4.05. The van der Waals surface area contributed by atoms with Crippen LogP contribution in [-0.4, -0.2) is 19.9 Å². The third-order valence-electron chi connectivity index (χ3n) is 4.95. The molecule has 2 heteroatoms. The number of Topliss-reactive ketones (excluding diaryl/α,β-unsaturated/α-hetero) is 1. The second-order valence-electron chi connectivity index (χ2n) is 6.85. The Balaban J connectivity index is 1.82. The number of hydrogen-bond acceptors (Lipinski definition) is 2. The van der Waals surface area contributed by atoms with E-state index in [0.29, 0.717) is 0 Å². The molecule has 4 rings (SSSR count). The molecule has 0 fully saturated rings. The highest BCUT2D eigenvalue weighted by Crippen LogP contribution is 2.42. The van der Waals surface area contributed by atoms with E-state index >= 15 is 0 Å². The SMILES string of the molecule is CN(C)c1ccc(/C=C2\C(=O)c3ccccc3[C@@H]2c2ccccc2)cc1. The second kappa shape index (κ2) is 6.64. The lowest BCUT2D eigenvalue weighted by atomic mass is 9.89. The van der Waals surface area contributed by atoms with E-state index in [1.807, 2.05) is 56.6 Å². The number of carbonyl (C=O) groups is 1. The van der Waals surface area contributed by atoms with Gasteiger partial charge in [-0.2, -0.15) is 0 Å². The average Bonchev–Trinajstić information content (AvgIpc) is 2.95. The Bertz CT molecular complexity index is 969. The van der Waals surface area contributed by atoms with E-state index in [-0.39, 0.29) is 11.7 Å². The number of hydrogen-bond donors (Lipinski definition) is 0. The van der Waals surface area contributed by atoms with Crippen LogP contribution in [0.2, 0.25) is 0 Å². The molecule has 3 aromatic carbocycles. The Morgan fingerprint density at radius 3 is 2.15 bits per heavy atom. The zero-order valence-corrected chi connectivity index (χ0v) is 15.0. The maximum Gasteiger partial charge on any atom is 0.190 e.